The highest BCUT2D eigenvalue weighted by atomic mass is 16.3. The van der Waals surface area contributed by atoms with Gasteiger partial charge in [0.25, 0.3) is 0 Å². The van der Waals surface area contributed by atoms with Gasteiger partial charge in [-0.3, -0.25) is 0 Å². The van der Waals surface area contributed by atoms with E-state index in [1.165, 1.54) is 38.9 Å². The lowest BCUT2D eigenvalue weighted by Gasteiger charge is -2.19. The largest absolute Gasteiger partial charge is 0.398 e. The van der Waals surface area contributed by atoms with E-state index in [0.717, 1.165) is 24.1 Å². The van der Waals surface area contributed by atoms with Crippen LogP contribution >= 0.6 is 0 Å². The number of anilines is 1. The highest BCUT2D eigenvalue weighted by Crippen LogP contribution is 2.42. The lowest BCUT2D eigenvalue weighted by Crippen LogP contribution is -2.11. The third kappa shape index (κ3) is 3.30. The predicted octanol–water partition coefficient (Wildman–Crippen LogP) is 5.83. The molecular formula is C28H25NO. The Bertz CT molecular complexity index is 1180. The molecule has 0 fully saturated rings. The fourth-order valence-electron chi connectivity index (χ4n) is 4.63. The van der Waals surface area contributed by atoms with Crippen LogP contribution in [0.5, 0.6) is 0 Å². The molecule has 0 aromatic heterocycles. The smallest absolute Gasteiger partial charge is 0.0503 e. The van der Waals surface area contributed by atoms with Crippen molar-refractivity contribution in [2.24, 2.45) is 0 Å². The van der Waals surface area contributed by atoms with Gasteiger partial charge in [0, 0.05) is 18.0 Å². The molecule has 4 aromatic carbocycles. The van der Waals surface area contributed by atoms with Gasteiger partial charge in [-0.25, -0.2) is 0 Å². The SMILES string of the molecule is Nc1c(C(CO)Cc2ccc(-c3ccccc3)cc2)ccc2c1Cc1ccccc1-2. The average Bonchev–Trinajstić information content (AvgIpc) is 3.19. The molecule has 2 heteroatoms. The molecule has 0 radical (unpaired) electrons. The van der Waals surface area contributed by atoms with E-state index in [9.17, 15) is 5.11 Å². The number of nitrogens with two attached hydrogens (primary N) is 1. The van der Waals surface area contributed by atoms with Gasteiger partial charge in [-0.05, 0) is 50.9 Å². The monoisotopic (exact) mass is 391 g/mol. The summed E-state index contributed by atoms with van der Waals surface area (Å²) in [7, 11) is 0. The van der Waals surface area contributed by atoms with Crippen LogP contribution in [0.25, 0.3) is 22.3 Å². The quantitative estimate of drug-likeness (QED) is 0.371. The van der Waals surface area contributed by atoms with Crippen molar-refractivity contribution in [3.05, 3.63) is 113 Å². The van der Waals surface area contributed by atoms with Crippen molar-refractivity contribution in [1.82, 2.24) is 0 Å². The molecule has 1 atom stereocenters. The van der Waals surface area contributed by atoms with Gasteiger partial charge in [0.2, 0.25) is 0 Å². The van der Waals surface area contributed by atoms with Gasteiger partial charge >= 0.3 is 0 Å². The molecule has 148 valence electrons. The number of hydrogen-bond donors (Lipinski definition) is 2. The van der Waals surface area contributed by atoms with E-state index in [2.05, 4.69) is 84.9 Å². The van der Waals surface area contributed by atoms with E-state index in [4.69, 9.17) is 5.73 Å². The topological polar surface area (TPSA) is 46.2 Å². The maximum absolute atomic E-state index is 10.2. The zero-order valence-electron chi connectivity index (χ0n) is 16.9. The molecule has 0 aliphatic heterocycles. The van der Waals surface area contributed by atoms with Crippen LogP contribution in [0.2, 0.25) is 0 Å². The standard InChI is InChI=1S/C28H25NO/c29-28-25(14-15-26-24-9-5-4-8-22(24)17-27(26)28)23(18-30)16-19-10-12-21(13-11-19)20-6-2-1-3-7-20/h1-15,23,30H,16-18,29H2. The summed E-state index contributed by atoms with van der Waals surface area (Å²) in [4.78, 5) is 0. The minimum Gasteiger partial charge on any atom is -0.398 e. The Hall–Kier alpha value is -3.36. The van der Waals surface area contributed by atoms with Crippen molar-refractivity contribution < 1.29 is 5.11 Å². The number of nitrogen functional groups attached to an aromatic ring is 1. The van der Waals surface area contributed by atoms with Crippen molar-refractivity contribution in [2.45, 2.75) is 18.8 Å². The first-order valence-electron chi connectivity index (χ1n) is 10.5. The fourth-order valence-corrected chi connectivity index (χ4v) is 4.63. The van der Waals surface area contributed by atoms with E-state index in [-0.39, 0.29) is 12.5 Å². The van der Waals surface area contributed by atoms with Gasteiger partial charge < -0.3 is 10.8 Å². The van der Waals surface area contributed by atoms with Gasteiger partial charge in [-0.2, -0.15) is 0 Å². The number of aliphatic hydroxyl groups is 1. The van der Waals surface area contributed by atoms with Crippen LogP contribution < -0.4 is 5.73 Å². The Balaban J connectivity index is 1.41. The molecule has 5 rings (SSSR count). The summed E-state index contributed by atoms with van der Waals surface area (Å²) in [6, 6.07) is 31.8. The summed E-state index contributed by atoms with van der Waals surface area (Å²) in [5, 5.41) is 10.2. The molecule has 0 saturated heterocycles. The minimum atomic E-state index is -0.0124. The first-order valence-corrected chi connectivity index (χ1v) is 10.5. The van der Waals surface area contributed by atoms with Crippen molar-refractivity contribution in [3.8, 4) is 22.3 Å². The average molecular weight is 392 g/mol. The van der Waals surface area contributed by atoms with E-state index < -0.39 is 0 Å². The summed E-state index contributed by atoms with van der Waals surface area (Å²) in [5.74, 6) is -0.0124. The maximum Gasteiger partial charge on any atom is 0.0503 e. The van der Waals surface area contributed by atoms with Crippen LogP contribution in [-0.4, -0.2) is 11.7 Å². The van der Waals surface area contributed by atoms with E-state index in [0.29, 0.717) is 0 Å². The fraction of sp³-hybridized carbons (Fsp3) is 0.143. The summed E-state index contributed by atoms with van der Waals surface area (Å²) in [6.45, 7) is 0.0797. The molecule has 0 bridgehead atoms. The summed E-state index contributed by atoms with van der Waals surface area (Å²) in [6.07, 6.45) is 1.64. The second-order valence-electron chi connectivity index (χ2n) is 8.08. The van der Waals surface area contributed by atoms with Crippen LogP contribution in [0.4, 0.5) is 5.69 Å². The summed E-state index contributed by atoms with van der Waals surface area (Å²) in [5.41, 5.74) is 17.2. The molecule has 1 aliphatic rings. The molecule has 1 aliphatic carbocycles. The van der Waals surface area contributed by atoms with E-state index in [1.807, 2.05) is 6.07 Å². The zero-order valence-corrected chi connectivity index (χ0v) is 16.9. The molecular weight excluding hydrogens is 366 g/mol. The van der Waals surface area contributed by atoms with Gasteiger partial charge in [0.05, 0.1) is 6.61 Å². The van der Waals surface area contributed by atoms with Gasteiger partial charge in [0.15, 0.2) is 0 Å². The van der Waals surface area contributed by atoms with Crippen molar-refractivity contribution in [2.75, 3.05) is 12.3 Å². The molecule has 0 spiro atoms. The van der Waals surface area contributed by atoms with Crippen molar-refractivity contribution in [3.63, 3.8) is 0 Å². The molecule has 0 heterocycles. The first kappa shape index (κ1) is 18.7. The Morgan fingerprint density at radius 1 is 0.733 bits per heavy atom. The van der Waals surface area contributed by atoms with Crippen LogP contribution in [0, 0.1) is 0 Å². The molecule has 0 saturated carbocycles. The van der Waals surface area contributed by atoms with Crippen molar-refractivity contribution >= 4 is 5.69 Å². The molecule has 3 N–H and O–H groups in total. The molecule has 0 amide bonds. The van der Waals surface area contributed by atoms with Crippen molar-refractivity contribution in [1.29, 1.82) is 0 Å². The number of hydrogen-bond acceptors (Lipinski definition) is 2. The van der Waals surface area contributed by atoms with E-state index in [1.54, 1.807) is 0 Å². The number of fused-ring (bicyclic) bond motifs is 3. The molecule has 30 heavy (non-hydrogen) atoms. The lowest BCUT2D eigenvalue weighted by atomic mass is 9.88. The summed E-state index contributed by atoms with van der Waals surface area (Å²) >= 11 is 0. The number of rotatable bonds is 5. The third-order valence-electron chi connectivity index (χ3n) is 6.27. The molecule has 1 unspecified atom stereocenters. The second-order valence-corrected chi connectivity index (χ2v) is 8.08. The van der Waals surface area contributed by atoms with Gasteiger partial charge in [-0.15, -0.1) is 0 Å². The van der Waals surface area contributed by atoms with Gasteiger partial charge in [-0.1, -0.05) is 91.0 Å². The van der Waals surface area contributed by atoms with Crippen LogP contribution in [-0.2, 0) is 12.8 Å². The van der Waals surface area contributed by atoms with Crippen LogP contribution in [0.3, 0.4) is 0 Å². The normalized spacial score (nSPS) is 13.0. The van der Waals surface area contributed by atoms with Crippen LogP contribution in [0.1, 0.15) is 28.2 Å². The minimum absolute atomic E-state index is 0.0124. The maximum atomic E-state index is 10.2. The zero-order chi connectivity index (χ0) is 20.5. The third-order valence-corrected chi connectivity index (χ3v) is 6.27. The summed E-state index contributed by atoms with van der Waals surface area (Å²) < 4.78 is 0. The van der Waals surface area contributed by atoms with E-state index >= 15 is 0 Å². The molecule has 4 aromatic rings. The Labute approximate surface area is 177 Å². The highest BCUT2D eigenvalue weighted by Gasteiger charge is 2.24. The van der Waals surface area contributed by atoms with Crippen LogP contribution in [0.15, 0.2) is 91.0 Å². The Kier molecular flexibility index (Phi) is 4.86. The molecule has 2 nitrogen and oxygen atoms in total. The second kappa shape index (κ2) is 7.81. The van der Waals surface area contributed by atoms with Gasteiger partial charge in [0.1, 0.15) is 0 Å². The highest BCUT2D eigenvalue weighted by molar-refractivity contribution is 5.82. The number of benzene rings is 4. The lowest BCUT2D eigenvalue weighted by molar-refractivity contribution is 0.265. The Morgan fingerprint density at radius 3 is 2.20 bits per heavy atom. The Morgan fingerprint density at radius 2 is 1.43 bits per heavy atom. The predicted molar refractivity (Wildman–Crippen MR) is 125 cm³/mol. The first-order chi connectivity index (χ1) is 14.7. The number of aliphatic hydroxyl groups excluding tert-OH is 1.